The van der Waals surface area contributed by atoms with Gasteiger partial charge in [0.25, 0.3) is 5.91 Å². The van der Waals surface area contributed by atoms with Crippen molar-refractivity contribution < 1.29 is 18.5 Å². The molecule has 0 spiro atoms. The van der Waals surface area contributed by atoms with E-state index in [1.54, 1.807) is 0 Å². The Balaban J connectivity index is 0.00000225. The Kier molecular flexibility index (Phi) is 5.83. The van der Waals surface area contributed by atoms with Gasteiger partial charge in [-0.25, -0.2) is 4.39 Å². The maximum atomic E-state index is 14.3. The average Bonchev–Trinajstić information content (AvgIpc) is 3.05. The molecule has 1 aromatic carbocycles. The molecule has 2 saturated heterocycles. The fourth-order valence-electron chi connectivity index (χ4n) is 2.88. The highest BCUT2D eigenvalue weighted by Gasteiger charge is 2.52. The molecule has 1 unspecified atom stereocenters. The molecule has 0 saturated carbocycles. The normalized spacial score (nSPS) is 24.0. The maximum Gasteiger partial charge on any atom is 0.497 e. The summed E-state index contributed by atoms with van der Waals surface area (Å²) in [5.74, 6) is -0.644. The zero-order valence-corrected chi connectivity index (χ0v) is 15.8. The van der Waals surface area contributed by atoms with Gasteiger partial charge in [0.15, 0.2) is 0 Å². The maximum absolute atomic E-state index is 14.3. The number of carbonyl (C=O) groups is 1. The van der Waals surface area contributed by atoms with Crippen molar-refractivity contribution in [3.63, 3.8) is 0 Å². The van der Waals surface area contributed by atoms with E-state index in [2.05, 4.69) is 10.6 Å². The lowest BCUT2D eigenvalue weighted by atomic mass is 9.78. The number of hydrogen-bond donors (Lipinski definition) is 2. The summed E-state index contributed by atoms with van der Waals surface area (Å²) in [4.78, 5) is 12.4. The molecule has 1 aromatic rings. The number of amides is 1. The first-order valence-electron chi connectivity index (χ1n) is 8.36. The Bertz CT molecular complexity index is 635. The van der Waals surface area contributed by atoms with Gasteiger partial charge in [-0.1, -0.05) is 0 Å². The second-order valence-corrected chi connectivity index (χ2v) is 7.49. The molecule has 1 amide bonds. The van der Waals surface area contributed by atoms with Crippen LogP contribution >= 0.6 is 12.4 Å². The molecule has 0 bridgehead atoms. The van der Waals surface area contributed by atoms with Crippen LogP contribution in [0.5, 0.6) is 0 Å². The molecule has 3 rings (SSSR count). The van der Waals surface area contributed by atoms with Crippen LogP contribution in [0.2, 0.25) is 0 Å². The lowest BCUT2D eigenvalue weighted by molar-refractivity contribution is 0.00578. The monoisotopic (exact) mass is 370 g/mol. The molecule has 2 aliphatic heterocycles. The summed E-state index contributed by atoms with van der Waals surface area (Å²) in [7, 11) is -0.823. The third-order valence-corrected chi connectivity index (χ3v) is 5.16. The van der Waals surface area contributed by atoms with Gasteiger partial charge >= 0.3 is 7.12 Å². The van der Waals surface area contributed by atoms with Gasteiger partial charge < -0.3 is 19.9 Å². The minimum atomic E-state index is -0.823. The van der Waals surface area contributed by atoms with Crippen molar-refractivity contribution in [1.82, 2.24) is 10.6 Å². The first-order chi connectivity index (χ1) is 11.2. The summed E-state index contributed by atoms with van der Waals surface area (Å²) in [6, 6.07) is 4.42. The summed E-state index contributed by atoms with van der Waals surface area (Å²) in [5, 5.41) is 6.16. The van der Waals surface area contributed by atoms with Crippen molar-refractivity contribution in [3.05, 3.63) is 29.6 Å². The molecular weight excluding hydrogens is 345 g/mol. The first kappa shape index (κ1) is 20.2. The van der Waals surface area contributed by atoms with Gasteiger partial charge in [-0.15, -0.1) is 12.4 Å². The van der Waals surface area contributed by atoms with Gasteiger partial charge in [-0.3, -0.25) is 4.79 Å². The van der Waals surface area contributed by atoms with E-state index in [0.29, 0.717) is 5.56 Å². The topological polar surface area (TPSA) is 59.6 Å². The molecule has 25 heavy (non-hydrogen) atoms. The molecule has 0 aromatic heterocycles. The van der Waals surface area contributed by atoms with Crippen molar-refractivity contribution in [2.45, 2.75) is 51.4 Å². The molecule has 0 radical (unpaired) electrons. The van der Waals surface area contributed by atoms with E-state index < -0.39 is 24.1 Å². The summed E-state index contributed by atoms with van der Waals surface area (Å²) >= 11 is 0. The third-order valence-electron chi connectivity index (χ3n) is 5.16. The lowest BCUT2D eigenvalue weighted by Gasteiger charge is -2.32. The van der Waals surface area contributed by atoms with E-state index in [0.717, 1.165) is 19.5 Å². The highest BCUT2D eigenvalue weighted by atomic mass is 35.5. The van der Waals surface area contributed by atoms with E-state index in [4.69, 9.17) is 9.31 Å². The number of rotatable bonds is 3. The predicted octanol–water partition coefficient (Wildman–Crippen LogP) is 1.64. The van der Waals surface area contributed by atoms with Crippen molar-refractivity contribution in [1.29, 1.82) is 0 Å². The molecule has 1 atom stereocenters. The fraction of sp³-hybridized carbons (Fsp3) is 0.588. The van der Waals surface area contributed by atoms with E-state index in [1.807, 2.05) is 27.7 Å². The number of nitrogens with one attached hydrogen (secondary N) is 2. The minimum absolute atomic E-state index is 0. The smallest absolute Gasteiger partial charge is 0.399 e. The van der Waals surface area contributed by atoms with Gasteiger partial charge in [0.05, 0.1) is 11.2 Å². The molecule has 138 valence electrons. The van der Waals surface area contributed by atoms with E-state index in [1.165, 1.54) is 18.2 Å². The summed E-state index contributed by atoms with van der Waals surface area (Å²) in [5.41, 5.74) is -0.450. The minimum Gasteiger partial charge on any atom is -0.399 e. The Morgan fingerprint density at radius 1 is 1.28 bits per heavy atom. The molecule has 5 nitrogen and oxygen atoms in total. The van der Waals surface area contributed by atoms with Gasteiger partial charge in [-0.05, 0) is 58.9 Å². The summed E-state index contributed by atoms with van der Waals surface area (Å²) < 4.78 is 26.1. The molecule has 2 aliphatic rings. The number of halogens is 2. The van der Waals surface area contributed by atoms with Gasteiger partial charge in [0.2, 0.25) is 0 Å². The van der Waals surface area contributed by atoms with Crippen LogP contribution in [0.15, 0.2) is 18.2 Å². The summed E-state index contributed by atoms with van der Waals surface area (Å²) in [6.07, 6.45) is 0.900. The van der Waals surface area contributed by atoms with Crippen molar-refractivity contribution in [2.24, 2.45) is 0 Å². The fourth-order valence-corrected chi connectivity index (χ4v) is 2.88. The van der Waals surface area contributed by atoms with Gasteiger partial charge in [0.1, 0.15) is 5.82 Å². The number of hydrogen-bond acceptors (Lipinski definition) is 4. The van der Waals surface area contributed by atoms with Crippen LogP contribution in [-0.2, 0) is 9.31 Å². The molecule has 2 N–H and O–H groups in total. The van der Waals surface area contributed by atoms with E-state index >= 15 is 0 Å². The standard InChI is InChI=1S/C17H24BFN2O3.ClH/c1-16(2)17(3,4)24-18(23-16)13-9-11(5-6-14(13)19)15(22)21-12-7-8-20-10-12;/h5-6,9,12,20H,7-8,10H2,1-4H3,(H,21,22);1H. The second-order valence-electron chi connectivity index (χ2n) is 7.49. The lowest BCUT2D eigenvalue weighted by Crippen LogP contribution is -2.41. The Hall–Kier alpha value is -1.15. The van der Waals surface area contributed by atoms with Crippen LogP contribution in [-0.4, -0.2) is 43.4 Å². The Morgan fingerprint density at radius 2 is 1.92 bits per heavy atom. The van der Waals surface area contributed by atoms with Crippen LogP contribution < -0.4 is 16.1 Å². The Morgan fingerprint density at radius 3 is 2.48 bits per heavy atom. The van der Waals surface area contributed by atoms with Crippen molar-refractivity contribution >= 4 is 30.9 Å². The molecule has 8 heteroatoms. The van der Waals surface area contributed by atoms with Gasteiger partial charge in [0, 0.05) is 23.6 Å². The second kappa shape index (κ2) is 7.23. The predicted molar refractivity (Wildman–Crippen MR) is 98.1 cm³/mol. The van der Waals surface area contributed by atoms with Gasteiger partial charge in [-0.2, -0.15) is 0 Å². The van der Waals surface area contributed by atoms with Crippen molar-refractivity contribution in [2.75, 3.05) is 13.1 Å². The molecule has 0 aliphatic carbocycles. The third kappa shape index (κ3) is 4.00. The van der Waals surface area contributed by atoms with Crippen LogP contribution in [0, 0.1) is 5.82 Å². The zero-order valence-electron chi connectivity index (χ0n) is 15.0. The molecule has 2 heterocycles. The summed E-state index contributed by atoms with van der Waals surface area (Å²) in [6.45, 7) is 9.30. The Labute approximate surface area is 154 Å². The largest absolute Gasteiger partial charge is 0.497 e. The average molecular weight is 371 g/mol. The van der Waals surface area contributed by atoms with E-state index in [9.17, 15) is 9.18 Å². The SMILES string of the molecule is CC1(C)OB(c2cc(C(=O)NC3CCNC3)ccc2F)OC1(C)C.Cl. The van der Waals surface area contributed by atoms with Crippen molar-refractivity contribution in [3.8, 4) is 0 Å². The highest BCUT2D eigenvalue weighted by molar-refractivity contribution is 6.62. The quantitative estimate of drug-likeness (QED) is 0.794. The van der Waals surface area contributed by atoms with Crippen LogP contribution in [0.25, 0.3) is 0 Å². The first-order valence-corrected chi connectivity index (χ1v) is 8.36. The highest BCUT2D eigenvalue weighted by Crippen LogP contribution is 2.36. The molecular formula is C17H25BClFN2O3. The molecule has 2 fully saturated rings. The number of carbonyl (C=O) groups excluding carboxylic acids is 1. The van der Waals surface area contributed by atoms with Crippen LogP contribution in [0.4, 0.5) is 4.39 Å². The van der Waals surface area contributed by atoms with E-state index in [-0.39, 0.29) is 29.8 Å². The van der Waals surface area contributed by atoms with Crippen LogP contribution in [0.1, 0.15) is 44.5 Å². The number of benzene rings is 1. The van der Waals surface area contributed by atoms with Crippen LogP contribution in [0.3, 0.4) is 0 Å². The zero-order chi connectivity index (χ0) is 17.5.